The fraction of sp³-hybridized carbons (Fsp3) is 0.261. The van der Waals surface area contributed by atoms with Gasteiger partial charge < -0.3 is 4.90 Å². The van der Waals surface area contributed by atoms with Crippen molar-refractivity contribution >= 4 is 28.9 Å². The number of nitrogens with zero attached hydrogens (tertiary/aromatic N) is 2. The Labute approximate surface area is 170 Å². The smallest absolute Gasteiger partial charge is 0.148 e. The van der Waals surface area contributed by atoms with E-state index in [0.717, 1.165) is 22.7 Å². The molecule has 0 saturated carbocycles. The molecule has 1 heterocycles. The van der Waals surface area contributed by atoms with Gasteiger partial charge >= 0.3 is 0 Å². The summed E-state index contributed by atoms with van der Waals surface area (Å²) in [5.74, 6) is 0. The first-order valence-corrected chi connectivity index (χ1v) is 10.1. The van der Waals surface area contributed by atoms with Crippen LogP contribution in [0.1, 0.15) is 36.2 Å². The van der Waals surface area contributed by atoms with Gasteiger partial charge in [-0.25, -0.2) is 0 Å². The van der Waals surface area contributed by atoms with E-state index in [9.17, 15) is 0 Å². The maximum absolute atomic E-state index is 6.24. The molecule has 4 rings (SSSR count). The van der Waals surface area contributed by atoms with Crippen molar-refractivity contribution in [1.29, 1.82) is 0 Å². The van der Waals surface area contributed by atoms with Gasteiger partial charge in [0.05, 0.1) is 17.1 Å². The number of allylic oxidation sites excluding steroid dienone is 3. The molecule has 3 unspecified atom stereocenters. The summed E-state index contributed by atoms with van der Waals surface area (Å²) in [6, 6.07) is 16.7. The minimum Gasteiger partial charge on any atom is -0.338 e. The highest BCUT2D eigenvalue weighted by molar-refractivity contribution is 6.30. The van der Waals surface area contributed by atoms with Gasteiger partial charge in [-0.1, -0.05) is 65.7 Å². The molecule has 2 nitrogen and oxygen atoms in total. The van der Waals surface area contributed by atoms with E-state index in [4.69, 9.17) is 28.2 Å². The van der Waals surface area contributed by atoms with Gasteiger partial charge in [-0.05, 0) is 49.6 Å². The lowest BCUT2D eigenvalue weighted by atomic mass is 10.0. The first-order valence-electron chi connectivity index (χ1n) is 9.24. The lowest BCUT2D eigenvalue weighted by Gasteiger charge is -2.32. The average molecular weight is 397 g/mol. The molecule has 2 aliphatic rings. The summed E-state index contributed by atoms with van der Waals surface area (Å²) in [4.78, 5) is 7.51. The minimum absolute atomic E-state index is 0.0677. The van der Waals surface area contributed by atoms with Gasteiger partial charge in [-0.15, -0.1) is 11.6 Å². The molecule has 0 N–H and O–H groups in total. The number of hydrogen-bond acceptors (Lipinski definition) is 2. The van der Waals surface area contributed by atoms with E-state index in [1.54, 1.807) is 0 Å². The summed E-state index contributed by atoms with van der Waals surface area (Å²) in [7, 11) is 0. The molecule has 0 aromatic heterocycles. The fourth-order valence-electron chi connectivity index (χ4n) is 3.69. The van der Waals surface area contributed by atoms with E-state index >= 15 is 0 Å². The van der Waals surface area contributed by atoms with Gasteiger partial charge in [0.25, 0.3) is 0 Å². The van der Waals surface area contributed by atoms with E-state index in [1.165, 1.54) is 16.8 Å². The Morgan fingerprint density at radius 1 is 1.04 bits per heavy atom. The maximum atomic E-state index is 6.24. The van der Waals surface area contributed by atoms with Gasteiger partial charge in [0.1, 0.15) is 6.17 Å². The topological polar surface area (TPSA) is 15.6 Å². The Kier molecular flexibility index (Phi) is 5.12. The first kappa shape index (κ1) is 18.3. The fourth-order valence-corrected chi connectivity index (χ4v) is 3.98. The van der Waals surface area contributed by atoms with Crippen molar-refractivity contribution in [1.82, 2.24) is 4.90 Å². The molecule has 0 amide bonds. The van der Waals surface area contributed by atoms with Crippen LogP contribution in [0, 0.1) is 6.92 Å². The summed E-state index contributed by atoms with van der Waals surface area (Å²) in [5.41, 5.74) is 5.84. The number of aliphatic imine (C=N–C) groups is 1. The second-order valence-corrected chi connectivity index (χ2v) is 8.13. The van der Waals surface area contributed by atoms with E-state index in [0.29, 0.717) is 0 Å². The summed E-state index contributed by atoms with van der Waals surface area (Å²) in [6.07, 6.45) is 7.16. The highest BCUT2D eigenvalue weighted by atomic mass is 35.5. The summed E-state index contributed by atoms with van der Waals surface area (Å²) in [6.45, 7) is 4.32. The molecular weight excluding hydrogens is 375 g/mol. The van der Waals surface area contributed by atoms with Crippen LogP contribution in [0.5, 0.6) is 0 Å². The zero-order valence-electron chi connectivity index (χ0n) is 15.4. The molecule has 0 fully saturated rings. The summed E-state index contributed by atoms with van der Waals surface area (Å²) in [5, 5.41) is 0.805. The number of benzene rings is 2. The van der Waals surface area contributed by atoms with Crippen molar-refractivity contribution in [2.24, 2.45) is 4.99 Å². The van der Waals surface area contributed by atoms with Crippen molar-refractivity contribution in [2.45, 2.75) is 37.9 Å². The molecule has 2 aromatic rings. The van der Waals surface area contributed by atoms with Crippen LogP contribution in [0.3, 0.4) is 0 Å². The predicted octanol–water partition coefficient (Wildman–Crippen LogP) is 6.29. The molecule has 27 heavy (non-hydrogen) atoms. The highest BCUT2D eigenvalue weighted by Gasteiger charge is 2.36. The predicted molar refractivity (Wildman–Crippen MR) is 115 cm³/mol. The van der Waals surface area contributed by atoms with Crippen LogP contribution in [-0.2, 0) is 0 Å². The van der Waals surface area contributed by atoms with Crippen molar-refractivity contribution in [2.75, 3.05) is 0 Å². The Morgan fingerprint density at radius 2 is 1.74 bits per heavy atom. The minimum atomic E-state index is -0.0728. The number of rotatable bonds is 3. The molecule has 0 saturated heterocycles. The van der Waals surface area contributed by atoms with Crippen molar-refractivity contribution in [3.05, 3.63) is 94.2 Å². The Bertz CT molecular complexity index is 910. The first-order chi connectivity index (χ1) is 13.0. The largest absolute Gasteiger partial charge is 0.338 e. The SMILES string of the molecule is Cc1ccc(C2=NC(c3ccc(Cl)cc3)N(C3=CCC(Cl)C=C3)C2C)cc1. The molecule has 1 aliphatic heterocycles. The van der Waals surface area contributed by atoms with Crippen molar-refractivity contribution < 1.29 is 0 Å². The van der Waals surface area contributed by atoms with Gasteiger partial charge in [0.15, 0.2) is 0 Å². The van der Waals surface area contributed by atoms with E-state index in [-0.39, 0.29) is 17.6 Å². The molecule has 0 bridgehead atoms. The normalized spacial score (nSPS) is 24.7. The third-order valence-electron chi connectivity index (χ3n) is 5.18. The summed E-state index contributed by atoms with van der Waals surface area (Å²) < 4.78 is 0. The molecule has 1 aliphatic carbocycles. The van der Waals surface area contributed by atoms with Gasteiger partial charge in [-0.2, -0.15) is 0 Å². The van der Waals surface area contributed by atoms with Gasteiger partial charge in [-0.3, -0.25) is 4.99 Å². The molecule has 2 aromatic carbocycles. The molecule has 0 spiro atoms. The van der Waals surface area contributed by atoms with Crippen molar-refractivity contribution in [3.8, 4) is 0 Å². The zero-order valence-corrected chi connectivity index (χ0v) is 17.0. The Hall–Kier alpha value is -2.03. The van der Waals surface area contributed by atoms with Crippen molar-refractivity contribution in [3.63, 3.8) is 0 Å². The average Bonchev–Trinajstić information content (AvgIpc) is 3.01. The highest BCUT2D eigenvalue weighted by Crippen LogP contribution is 2.38. The molecular formula is C23H22Cl2N2. The Balaban J connectivity index is 1.76. The molecule has 0 radical (unpaired) electrons. The lowest BCUT2D eigenvalue weighted by molar-refractivity contribution is 0.276. The van der Waals surface area contributed by atoms with Crippen LogP contribution >= 0.6 is 23.2 Å². The number of aryl methyl sites for hydroxylation is 1. The van der Waals surface area contributed by atoms with Crippen LogP contribution in [-0.4, -0.2) is 22.0 Å². The second kappa shape index (κ2) is 7.53. The standard InChI is InChI=1S/C23H22Cl2N2/c1-15-3-5-17(6-4-15)22-16(2)27(21-13-11-20(25)12-14-21)23(26-22)18-7-9-19(24)10-8-18/h3-11,13-14,16,20,23H,12H2,1-2H3. The van der Waals surface area contributed by atoms with Crippen LogP contribution in [0.25, 0.3) is 0 Å². The van der Waals surface area contributed by atoms with Gasteiger partial charge in [0.2, 0.25) is 0 Å². The zero-order chi connectivity index (χ0) is 19.0. The van der Waals surface area contributed by atoms with Gasteiger partial charge in [0, 0.05) is 10.7 Å². The molecule has 3 atom stereocenters. The second-order valence-electron chi connectivity index (χ2n) is 7.13. The monoisotopic (exact) mass is 396 g/mol. The van der Waals surface area contributed by atoms with E-state index in [2.05, 4.69) is 73.4 Å². The summed E-state index contributed by atoms with van der Waals surface area (Å²) >= 11 is 12.3. The lowest BCUT2D eigenvalue weighted by Crippen LogP contribution is -2.34. The number of alkyl halides is 1. The van der Waals surface area contributed by atoms with E-state index < -0.39 is 0 Å². The Morgan fingerprint density at radius 3 is 2.37 bits per heavy atom. The van der Waals surface area contributed by atoms with Crippen LogP contribution in [0.4, 0.5) is 0 Å². The molecule has 138 valence electrons. The third kappa shape index (κ3) is 3.69. The number of hydrogen-bond donors (Lipinski definition) is 0. The third-order valence-corrected chi connectivity index (χ3v) is 5.76. The van der Waals surface area contributed by atoms with Crippen LogP contribution < -0.4 is 0 Å². The molecule has 4 heteroatoms. The van der Waals surface area contributed by atoms with Crippen LogP contribution in [0.15, 0.2) is 77.4 Å². The van der Waals surface area contributed by atoms with Crippen LogP contribution in [0.2, 0.25) is 5.02 Å². The quantitative estimate of drug-likeness (QED) is 0.556. The van der Waals surface area contributed by atoms with E-state index in [1.807, 2.05) is 12.1 Å². The number of halogens is 2. The maximum Gasteiger partial charge on any atom is 0.148 e.